The van der Waals surface area contributed by atoms with Gasteiger partial charge in [-0.1, -0.05) is 30.9 Å². The molecule has 5 nitrogen and oxygen atoms in total. The molecule has 1 unspecified atom stereocenters. The first-order chi connectivity index (χ1) is 19.0. The smallest absolute Gasteiger partial charge is 0.339 e. The van der Waals surface area contributed by atoms with Crippen molar-refractivity contribution in [3.05, 3.63) is 82.4 Å². The number of benzene rings is 3. The molecule has 1 aromatic heterocycles. The molecule has 0 amide bonds. The van der Waals surface area contributed by atoms with Gasteiger partial charge in [-0.3, -0.25) is 0 Å². The summed E-state index contributed by atoms with van der Waals surface area (Å²) >= 11 is 6.12. The van der Waals surface area contributed by atoms with Crippen molar-refractivity contribution in [2.75, 3.05) is 0 Å². The highest BCUT2D eigenvalue weighted by molar-refractivity contribution is 6.30. The summed E-state index contributed by atoms with van der Waals surface area (Å²) in [5.41, 5.74) is -0.856. The number of halogens is 5. The molecule has 5 rings (SSSR count). The van der Waals surface area contributed by atoms with Crippen LogP contribution in [0.3, 0.4) is 0 Å². The van der Waals surface area contributed by atoms with Crippen molar-refractivity contribution in [2.24, 2.45) is 5.92 Å². The number of hydrogen-bond acceptors (Lipinski definition) is 3. The molecule has 1 saturated carbocycles. The Kier molecular flexibility index (Phi) is 7.52. The molecule has 0 radical (unpaired) electrons. The van der Waals surface area contributed by atoms with E-state index in [1.807, 2.05) is 0 Å². The van der Waals surface area contributed by atoms with E-state index in [1.54, 1.807) is 42.7 Å². The van der Waals surface area contributed by atoms with E-state index >= 15 is 4.39 Å². The van der Waals surface area contributed by atoms with Crippen molar-refractivity contribution in [1.29, 1.82) is 0 Å². The maximum Gasteiger partial charge on any atom is 0.339 e. The van der Waals surface area contributed by atoms with E-state index in [0.717, 1.165) is 44.2 Å². The fraction of sp³-hybridized carbons (Fsp3) is 0.333. The summed E-state index contributed by atoms with van der Waals surface area (Å²) < 4.78 is 65.9. The second kappa shape index (κ2) is 10.8. The van der Waals surface area contributed by atoms with Crippen LogP contribution in [0, 0.1) is 29.2 Å². The molecule has 10 heteroatoms. The minimum Gasteiger partial charge on any atom is -0.482 e. The molecule has 0 spiro atoms. The van der Waals surface area contributed by atoms with Crippen LogP contribution in [0.5, 0.6) is 5.75 Å². The number of carboxylic acids is 1. The van der Waals surface area contributed by atoms with E-state index in [-0.39, 0.29) is 11.4 Å². The molecule has 1 aliphatic rings. The number of aromatic nitrogens is 2. The molecular formula is C30H27ClF4N2O3. The van der Waals surface area contributed by atoms with E-state index in [4.69, 9.17) is 16.3 Å². The third-order valence-electron chi connectivity index (χ3n) is 7.52. The first-order valence-corrected chi connectivity index (χ1v) is 13.4. The summed E-state index contributed by atoms with van der Waals surface area (Å²) in [6, 6.07) is 9.55. The van der Waals surface area contributed by atoms with Gasteiger partial charge < -0.3 is 14.4 Å². The molecule has 1 fully saturated rings. The number of carbonyl (C=O) groups is 1. The van der Waals surface area contributed by atoms with Gasteiger partial charge in [0.15, 0.2) is 23.2 Å². The van der Waals surface area contributed by atoms with Gasteiger partial charge in [-0.25, -0.2) is 27.3 Å². The Morgan fingerprint density at radius 1 is 1.00 bits per heavy atom. The van der Waals surface area contributed by atoms with Gasteiger partial charge in [-0.15, -0.1) is 0 Å². The summed E-state index contributed by atoms with van der Waals surface area (Å²) in [6.45, 7) is 3.36. The maximum atomic E-state index is 15.0. The Bertz CT molecular complexity index is 1580. The highest BCUT2D eigenvalue weighted by Crippen LogP contribution is 2.46. The van der Waals surface area contributed by atoms with Gasteiger partial charge in [0.25, 0.3) is 0 Å². The number of rotatable bonds is 7. The predicted octanol–water partition coefficient (Wildman–Crippen LogP) is 8.59. The Balaban J connectivity index is 1.76. The Morgan fingerprint density at radius 3 is 2.30 bits per heavy atom. The van der Waals surface area contributed by atoms with Crippen LogP contribution in [0.1, 0.15) is 62.4 Å². The topological polar surface area (TPSA) is 64.3 Å². The minimum atomic E-state index is -1.55. The van der Waals surface area contributed by atoms with Crippen LogP contribution >= 0.6 is 11.6 Å². The van der Waals surface area contributed by atoms with Gasteiger partial charge >= 0.3 is 5.97 Å². The van der Waals surface area contributed by atoms with Crippen LogP contribution < -0.4 is 4.74 Å². The van der Waals surface area contributed by atoms with Crippen molar-refractivity contribution in [3.8, 4) is 17.1 Å². The predicted molar refractivity (Wildman–Crippen MR) is 144 cm³/mol. The summed E-state index contributed by atoms with van der Waals surface area (Å²) in [6.07, 6.45) is 4.37. The zero-order valence-electron chi connectivity index (χ0n) is 21.9. The summed E-state index contributed by atoms with van der Waals surface area (Å²) in [5, 5.41) is 10.2. The lowest BCUT2D eigenvalue weighted by Crippen LogP contribution is -2.44. The Hall–Kier alpha value is -3.59. The van der Waals surface area contributed by atoms with Crippen LogP contribution in [0.4, 0.5) is 17.6 Å². The van der Waals surface area contributed by atoms with E-state index in [9.17, 15) is 23.1 Å². The zero-order valence-corrected chi connectivity index (χ0v) is 22.6. The maximum absolute atomic E-state index is 15.0. The third-order valence-corrected chi connectivity index (χ3v) is 7.78. The highest BCUT2D eigenvalue weighted by atomic mass is 35.5. The fourth-order valence-corrected chi connectivity index (χ4v) is 5.99. The van der Waals surface area contributed by atoms with Gasteiger partial charge in [0.1, 0.15) is 22.8 Å². The monoisotopic (exact) mass is 574 g/mol. The van der Waals surface area contributed by atoms with Crippen LogP contribution in [-0.4, -0.2) is 26.2 Å². The standard InChI is InChI=1S/C30H27ClF4N2O3/c1-30(2,40-26-20(29(38)39)12-19(32)13-23(26)35)27(16-6-4-3-5-7-16)37-25-15-22(34)21(33)14-24(25)36-28(37)17-8-10-18(31)11-9-17/h8-16,27H,3-7H2,1-2H3,(H,38,39). The van der Waals surface area contributed by atoms with Gasteiger partial charge in [0.2, 0.25) is 0 Å². The van der Waals surface area contributed by atoms with Crippen molar-refractivity contribution < 1.29 is 32.2 Å². The zero-order chi connectivity index (χ0) is 28.8. The SMILES string of the molecule is CC(C)(Oc1c(F)cc(F)cc1C(=O)O)C(C1CCCCC1)n1c(-c2ccc(Cl)cc2)nc2cc(F)c(F)cc21. The van der Waals surface area contributed by atoms with E-state index in [1.165, 1.54) is 0 Å². The molecule has 1 N–H and O–H groups in total. The lowest BCUT2D eigenvalue weighted by Gasteiger charge is -2.43. The van der Waals surface area contributed by atoms with Crippen molar-refractivity contribution in [2.45, 2.75) is 57.6 Å². The molecule has 40 heavy (non-hydrogen) atoms. The Labute approximate surface area is 233 Å². The molecule has 1 aliphatic carbocycles. The van der Waals surface area contributed by atoms with Crippen molar-refractivity contribution in [3.63, 3.8) is 0 Å². The average Bonchev–Trinajstić information content (AvgIpc) is 3.24. The Morgan fingerprint density at radius 2 is 1.65 bits per heavy atom. The largest absolute Gasteiger partial charge is 0.482 e. The van der Waals surface area contributed by atoms with Gasteiger partial charge in [0.05, 0.1) is 17.1 Å². The average molecular weight is 575 g/mol. The first-order valence-electron chi connectivity index (χ1n) is 13.0. The van der Waals surface area contributed by atoms with Crippen molar-refractivity contribution in [1.82, 2.24) is 9.55 Å². The molecule has 0 bridgehead atoms. The molecule has 0 aliphatic heterocycles. The van der Waals surface area contributed by atoms with Gasteiger partial charge in [-0.05, 0) is 62.9 Å². The quantitative estimate of drug-likeness (QED) is 0.224. The lowest BCUT2D eigenvalue weighted by atomic mass is 9.77. The second-order valence-electron chi connectivity index (χ2n) is 10.7. The normalized spacial score (nSPS) is 15.4. The second-order valence-corrected chi connectivity index (χ2v) is 11.1. The minimum absolute atomic E-state index is 0.0721. The highest BCUT2D eigenvalue weighted by Gasteiger charge is 2.43. The first kappa shape index (κ1) is 28.0. The molecule has 4 aromatic rings. The number of ether oxygens (including phenoxy) is 1. The van der Waals surface area contributed by atoms with Crippen LogP contribution in [0.2, 0.25) is 5.02 Å². The number of carboxylic acid groups (broad SMARTS) is 1. The lowest BCUT2D eigenvalue weighted by molar-refractivity contribution is 0.00945. The molecule has 1 atom stereocenters. The van der Waals surface area contributed by atoms with Crippen LogP contribution in [0.15, 0.2) is 48.5 Å². The number of aromatic carboxylic acids is 1. The summed E-state index contributed by atoms with van der Waals surface area (Å²) in [7, 11) is 0. The van der Waals surface area contributed by atoms with Gasteiger partial charge in [0, 0.05) is 28.8 Å². The molecule has 1 heterocycles. The van der Waals surface area contributed by atoms with Crippen molar-refractivity contribution >= 4 is 28.6 Å². The molecule has 3 aromatic carbocycles. The van der Waals surface area contributed by atoms with E-state index in [2.05, 4.69) is 4.98 Å². The third kappa shape index (κ3) is 5.27. The van der Waals surface area contributed by atoms with Crippen LogP contribution in [0.25, 0.3) is 22.4 Å². The summed E-state index contributed by atoms with van der Waals surface area (Å²) in [5.74, 6) is -6.15. The number of nitrogens with zero attached hydrogens (tertiary/aromatic N) is 2. The van der Waals surface area contributed by atoms with E-state index < -0.39 is 52.2 Å². The number of imidazole rings is 1. The molecule has 0 saturated heterocycles. The number of hydrogen-bond donors (Lipinski definition) is 1. The molecule has 210 valence electrons. The molecular weight excluding hydrogens is 548 g/mol. The van der Waals surface area contributed by atoms with Gasteiger partial charge in [-0.2, -0.15) is 0 Å². The summed E-state index contributed by atoms with van der Waals surface area (Å²) in [4.78, 5) is 16.6. The fourth-order valence-electron chi connectivity index (χ4n) is 5.86. The van der Waals surface area contributed by atoms with E-state index in [0.29, 0.717) is 34.1 Å². The van der Waals surface area contributed by atoms with Crippen LogP contribution in [-0.2, 0) is 0 Å². The number of fused-ring (bicyclic) bond motifs is 1.